The van der Waals surface area contributed by atoms with E-state index in [0.717, 1.165) is 11.1 Å². The van der Waals surface area contributed by atoms with Crippen molar-refractivity contribution in [3.8, 4) is 23.0 Å². The van der Waals surface area contributed by atoms with Gasteiger partial charge in [-0.2, -0.15) is 0 Å². The quantitative estimate of drug-likeness (QED) is 0.703. The third-order valence-corrected chi connectivity index (χ3v) is 6.64. The van der Waals surface area contributed by atoms with Crippen LogP contribution in [0.25, 0.3) is 23.0 Å². The highest BCUT2D eigenvalue weighted by Crippen LogP contribution is 2.34. The van der Waals surface area contributed by atoms with Gasteiger partial charge in [-0.05, 0) is 31.9 Å². The maximum Gasteiger partial charge on any atom is 0.197 e. The molecule has 0 spiro atoms. The van der Waals surface area contributed by atoms with Gasteiger partial charge in [0.25, 0.3) is 0 Å². The normalized spacial score (nSPS) is 21.8. The molecule has 26 heavy (non-hydrogen) atoms. The zero-order valence-electron chi connectivity index (χ0n) is 14.6. The maximum absolute atomic E-state index is 12.1. The number of aromatic nitrogens is 5. The van der Waals surface area contributed by atoms with Gasteiger partial charge in [-0.15, -0.1) is 5.10 Å². The van der Waals surface area contributed by atoms with Crippen LogP contribution in [0.5, 0.6) is 0 Å². The van der Waals surface area contributed by atoms with Crippen LogP contribution in [0.3, 0.4) is 0 Å². The average Bonchev–Trinajstić information content (AvgIpc) is 3.18. The van der Waals surface area contributed by atoms with Crippen LogP contribution in [0.4, 0.5) is 0 Å². The first-order valence-corrected chi connectivity index (χ1v) is 10.2. The lowest BCUT2D eigenvalue weighted by Crippen LogP contribution is -2.33. The van der Waals surface area contributed by atoms with Crippen molar-refractivity contribution in [1.29, 1.82) is 0 Å². The first kappa shape index (κ1) is 16.8. The summed E-state index contributed by atoms with van der Waals surface area (Å²) in [4.78, 5) is 13.3. The molecule has 0 bridgehead atoms. The zero-order valence-corrected chi connectivity index (χ0v) is 15.4. The molecule has 3 heterocycles. The lowest BCUT2D eigenvalue weighted by Gasteiger charge is -2.23. The minimum Gasteiger partial charge on any atom is -0.235 e. The Morgan fingerprint density at radius 1 is 1.08 bits per heavy atom. The van der Waals surface area contributed by atoms with Gasteiger partial charge in [-0.1, -0.05) is 24.3 Å². The van der Waals surface area contributed by atoms with Crippen LogP contribution in [0.2, 0.25) is 0 Å². The van der Waals surface area contributed by atoms with Gasteiger partial charge in [-0.25, -0.2) is 28.1 Å². The topological polar surface area (TPSA) is 90.6 Å². The third kappa shape index (κ3) is 2.90. The minimum absolute atomic E-state index is 0.0381. The van der Waals surface area contributed by atoms with Crippen LogP contribution < -0.4 is 0 Å². The van der Waals surface area contributed by atoms with E-state index in [0.29, 0.717) is 23.9 Å². The van der Waals surface area contributed by atoms with Crippen molar-refractivity contribution in [2.45, 2.75) is 25.8 Å². The van der Waals surface area contributed by atoms with Crippen LogP contribution in [-0.4, -0.2) is 44.7 Å². The Morgan fingerprint density at radius 2 is 1.81 bits per heavy atom. The molecule has 0 radical (unpaired) electrons. The highest BCUT2D eigenvalue weighted by molar-refractivity contribution is 7.91. The molecule has 0 N–H and O–H groups in total. The highest BCUT2D eigenvalue weighted by Gasteiger charge is 2.43. The van der Waals surface area contributed by atoms with E-state index >= 15 is 0 Å². The minimum atomic E-state index is -3.09. The first-order chi connectivity index (χ1) is 12.4. The largest absolute Gasteiger partial charge is 0.235 e. The van der Waals surface area contributed by atoms with E-state index < -0.39 is 15.4 Å². The second kappa shape index (κ2) is 5.98. The van der Waals surface area contributed by atoms with Gasteiger partial charge in [0.1, 0.15) is 0 Å². The molecule has 8 heteroatoms. The fourth-order valence-electron chi connectivity index (χ4n) is 3.35. The number of nitrogens with zero attached hydrogens (tertiary/aromatic N) is 5. The Morgan fingerprint density at radius 3 is 2.46 bits per heavy atom. The highest BCUT2D eigenvalue weighted by atomic mass is 32.2. The molecule has 1 unspecified atom stereocenters. The molecule has 0 amide bonds. The van der Waals surface area contributed by atoms with Crippen molar-refractivity contribution in [1.82, 2.24) is 24.7 Å². The van der Waals surface area contributed by atoms with Gasteiger partial charge in [0, 0.05) is 18.0 Å². The second-order valence-electron chi connectivity index (χ2n) is 6.90. The number of sulfone groups is 1. The Hall–Kier alpha value is -2.61. The Balaban J connectivity index is 1.91. The summed E-state index contributed by atoms with van der Waals surface area (Å²) in [5.74, 6) is 1.67. The first-order valence-electron chi connectivity index (χ1n) is 8.39. The lowest BCUT2D eigenvalue weighted by atomic mass is 10.0. The van der Waals surface area contributed by atoms with Crippen LogP contribution in [-0.2, 0) is 15.4 Å². The van der Waals surface area contributed by atoms with Gasteiger partial charge < -0.3 is 0 Å². The third-order valence-electron chi connectivity index (χ3n) is 4.75. The Bertz CT molecular complexity index is 1060. The summed E-state index contributed by atoms with van der Waals surface area (Å²) < 4.78 is 25.9. The zero-order chi connectivity index (χ0) is 18.4. The van der Waals surface area contributed by atoms with E-state index in [2.05, 4.69) is 15.0 Å². The van der Waals surface area contributed by atoms with Crippen LogP contribution in [0.1, 0.15) is 18.9 Å². The summed E-state index contributed by atoms with van der Waals surface area (Å²) in [5.41, 5.74) is 1.30. The van der Waals surface area contributed by atoms with Gasteiger partial charge in [0.05, 0.1) is 17.0 Å². The predicted molar refractivity (Wildman–Crippen MR) is 98.1 cm³/mol. The van der Waals surface area contributed by atoms with Crippen molar-refractivity contribution in [3.63, 3.8) is 0 Å². The summed E-state index contributed by atoms with van der Waals surface area (Å²) in [6, 6.07) is 9.58. The molecule has 1 aliphatic rings. The molecular weight excluding hydrogens is 350 g/mol. The van der Waals surface area contributed by atoms with Crippen LogP contribution in [0, 0.1) is 6.92 Å². The standard InChI is InChI=1S/C18H19N5O2S/c1-13-6-3-4-7-14(13)15-21-17(16-19-9-5-10-20-16)23(22-15)18(2)8-11-26(24,25)12-18/h3-7,9-10H,8,11-12H2,1-2H3. The predicted octanol–water partition coefficient (Wildman–Crippen LogP) is 2.24. The average molecular weight is 369 g/mol. The molecule has 7 nitrogen and oxygen atoms in total. The SMILES string of the molecule is Cc1ccccc1-c1nc(-c2ncccn2)n(C2(C)CCS(=O)(=O)C2)n1. The van der Waals surface area contributed by atoms with Crippen molar-refractivity contribution in [3.05, 3.63) is 48.3 Å². The van der Waals surface area contributed by atoms with E-state index in [1.165, 1.54) is 0 Å². The Labute approximate surface area is 152 Å². The molecule has 1 aromatic carbocycles. The van der Waals surface area contributed by atoms with Gasteiger partial charge in [0.2, 0.25) is 0 Å². The molecule has 1 saturated heterocycles. The molecule has 134 valence electrons. The van der Waals surface area contributed by atoms with E-state index in [-0.39, 0.29) is 11.5 Å². The number of aryl methyl sites for hydroxylation is 1. The second-order valence-corrected chi connectivity index (χ2v) is 9.08. The monoisotopic (exact) mass is 369 g/mol. The molecular formula is C18H19N5O2S. The molecule has 0 aliphatic carbocycles. The summed E-state index contributed by atoms with van der Waals surface area (Å²) in [6.45, 7) is 3.90. The van der Waals surface area contributed by atoms with E-state index in [1.807, 2.05) is 38.1 Å². The maximum atomic E-state index is 12.1. The van der Waals surface area contributed by atoms with E-state index in [9.17, 15) is 8.42 Å². The van der Waals surface area contributed by atoms with Gasteiger partial charge in [-0.3, -0.25) is 0 Å². The van der Waals surface area contributed by atoms with E-state index in [4.69, 9.17) is 5.10 Å². The molecule has 4 rings (SSSR count). The lowest BCUT2D eigenvalue weighted by molar-refractivity contribution is 0.332. The fourth-order valence-corrected chi connectivity index (χ4v) is 5.46. The summed E-state index contributed by atoms with van der Waals surface area (Å²) >= 11 is 0. The van der Waals surface area contributed by atoms with Gasteiger partial charge >= 0.3 is 0 Å². The van der Waals surface area contributed by atoms with Crippen molar-refractivity contribution in [2.75, 3.05) is 11.5 Å². The smallest absolute Gasteiger partial charge is 0.197 e. The van der Waals surface area contributed by atoms with Crippen LogP contribution in [0.15, 0.2) is 42.7 Å². The van der Waals surface area contributed by atoms with Crippen LogP contribution >= 0.6 is 0 Å². The van der Waals surface area contributed by atoms with Crippen molar-refractivity contribution in [2.24, 2.45) is 0 Å². The molecule has 1 atom stereocenters. The molecule has 1 fully saturated rings. The fraction of sp³-hybridized carbons (Fsp3) is 0.333. The van der Waals surface area contributed by atoms with E-state index in [1.54, 1.807) is 23.1 Å². The Kier molecular flexibility index (Phi) is 3.87. The molecule has 0 saturated carbocycles. The summed E-state index contributed by atoms with van der Waals surface area (Å²) in [6.07, 6.45) is 3.77. The summed E-state index contributed by atoms with van der Waals surface area (Å²) in [5, 5.41) is 4.70. The molecule has 2 aromatic heterocycles. The van der Waals surface area contributed by atoms with Crippen molar-refractivity contribution >= 4 is 9.84 Å². The summed E-state index contributed by atoms with van der Waals surface area (Å²) in [7, 11) is -3.09. The number of benzene rings is 1. The molecule has 1 aliphatic heterocycles. The number of hydrogen-bond acceptors (Lipinski definition) is 6. The molecule has 3 aromatic rings. The van der Waals surface area contributed by atoms with Gasteiger partial charge in [0.15, 0.2) is 27.3 Å². The van der Waals surface area contributed by atoms with Crippen molar-refractivity contribution < 1.29 is 8.42 Å². The number of hydrogen-bond donors (Lipinski definition) is 0. The number of rotatable bonds is 3.